The van der Waals surface area contributed by atoms with E-state index in [-0.39, 0.29) is 12.7 Å². The van der Waals surface area contributed by atoms with Crippen molar-refractivity contribution in [3.05, 3.63) is 42.4 Å². The molecule has 2 heterocycles. The van der Waals surface area contributed by atoms with E-state index in [9.17, 15) is 10.4 Å². The normalized spacial score (nSPS) is 15.2. The van der Waals surface area contributed by atoms with E-state index in [0.717, 1.165) is 24.0 Å². The van der Waals surface area contributed by atoms with E-state index in [2.05, 4.69) is 31.4 Å². The van der Waals surface area contributed by atoms with Crippen LogP contribution in [0.4, 0.5) is 11.6 Å². The van der Waals surface area contributed by atoms with Crippen LogP contribution in [0, 0.1) is 11.3 Å². The van der Waals surface area contributed by atoms with E-state index < -0.39 is 5.60 Å². The first-order chi connectivity index (χ1) is 18.8. The molecular formula is C28H36N8O3. The quantitative estimate of drug-likeness (QED) is 0.241. The number of nitrogens with zero attached hydrogens (tertiary/aromatic N) is 6. The molecule has 11 heteroatoms. The van der Waals surface area contributed by atoms with Crippen molar-refractivity contribution in [3.63, 3.8) is 0 Å². The molecule has 1 unspecified atom stereocenters. The highest BCUT2D eigenvalue weighted by molar-refractivity contribution is 5.67. The molecule has 1 aromatic carbocycles. The third kappa shape index (κ3) is 7.67. The molecule has 0 radical (unpaired) electrons. The molecule has 0 spiro atoms. The zero-order valence-corrected chi connectivity index (χ0v) is 22.7. The van der Waals surface area contributed by atoms with Crippen molar-refractivity contribution in [2.24, 2.45) is 10.7 Å². The molecule has 206 valence electrons. The number of hydrogen-bond acceptors (Lipinski definition) is 9. The number of rotatable bonds is 11. The van der Waals surface area contributed by atoms with E-state index >= 15 is 0 Å². The van der Waals surface area contributed by atoms with Crippen molar-refractivity contribution in [1.29, 1.82) is 5.26 Å². The molecule has 0 aliphatic heterocycles. The molecule has 4 N–H and O–H groups in total. The summed E-state index contributed by atoms with van der Waals surface area (Å²) in [6.45, 7) is 5.72. The highest BCUT2D eigenvalue weighted by atomic mass is 16.5. The number of ether oxygens (including phenoxy) is 2. The Morgan fingerprint density at radius 3 is 2.67 bits per heavy atom. The highest BCUT2D eigenvalue weighted by Gasteiger charge is 2.22. The Hall–Kier alpha value is -4.17. The topological polar surface area (TPSA) is 156 Å². The molecule has 39 heavy (non-hydrogen) atoms. The van der Waals surface area contributed by atoms with Crippen LogP contribution in [0.15, 0.2) is 41.8 Å². The van der Waals surface area contributed by atoms with E-state index in [1.54, 1.807) is 38.4 Å². The van der Waals surface area contributed by atoms with Crippen molar-refractivity contribution in [2.45, 2.75) is 70.6 Å². The van der Waals surface area contributed by atoms with Crippen LogP contribution in [0.25, 0.3) is 11.1 Å². The van der Waals surface area contributed by atoms with Crippen LogP contribution in [0.3, 0.4) is 0 Å². The second-order valence-electron chi connectivity index (χ2n) is 10.4. The van der Waals surface area contributed by atoms with Crippen molar-refractivity contribution in [3.8, 4) is 28.8 Å². The number of nitriles is 1. The number of hydrogen-bond donors (Lipinski definition) is 3. The molecule has 1 fully saturated rings. The first-order valence-electron chi connectivity index (χ1n) is 13.2. The molecule has 0 amide bonds. The summed E-state index contributed by atoms with van der Waals surface area (Å²) in [6, 6.07) is 7.81. The zero-order valence-electron chi connectivity index (χ0n) is 22.7. The molecular weight excluding hydrogens is 496 g/mol. The fraction of sp³-hybridized carbons (Fsp3) is 0.464. The van der Waals surface area contributed by atoms with Gasteiger partial charge in [0.2, 0.25) is 5.95 Å². The molecule has 0 bridgehead atoms. The number of nitrogens with two attached hydrogens (primary N) is 1. The lowest BCUT2D eigenvalue weighted by molar-refractivity contribution is 0.0267. The monoisotopic (exact) mass is 532 g/mol. The molecule has 1 atom stereocenters. The summed E-state index contributed by atoms with van der Waals surface area (Å²) in [5.41, 5.74) is 6.96. The molecule has 3 aromatic rings. The van der Waals surface area contributed by atoms with Gasteiger partial charge in [0.25, 0.3) is 5.88 Å². The standard InChI is InChI=1S/C28H36N8O3/c1-19(13-31-18-30)39-25-11-20(9-10-21(25)12-29)22-14-32-27(33-15-22)34-24-16-36(23-7-5-4-6-8-23)35-26(24)38-17-28(2,3)37/h9-11,14-16,18-19,23,37H,4-8,13,17H2,1-3H3,(H2,30,31)(H,32,33,34). The van der Waals surface area contributed by atoms with E-state index in [1.807, 2.05) is 23.9 Å². The Labute approximate surface area is 228 Å². The molecule has 4 rings (SSSR count). The second-order valence-corrected chi connectivity index (χ2v) is 10.4. The van der Waals surface area contributed by atoms with Gasteiger partial charge in [0, 0.05) is 18.0 Å². The maximum absolute atomic E-state index is 10.2. The minimum atomic E-state index is -0.997. The van der Waals surface area contributed by atoms with E-state index in [0.29, 0.717) is 41.4 Å². The molecule has 0 saturated heterocycles. The predicted octanol–water partition coefficient (Wildman–Crippen LogP) is 4.36. The van der Waals surface area contributed by atoms with Crippen LogP contribution >= 0.6 is 0 Å². The minimum absolute atomic E-state index is 0.101. The summed E-state index contributed by atoms with van der Waals surface area (Å²) in [7, 11) is 0. The number of aliphatic hydroxyl groups is 1. The first-order valence-corrected chi connectivity index (χ1v) is 13.2. The number of anilines is 2. The number of nitrogens with one attached hydrogen (secondary N) is 1. The summed E-state index contributed by atoms with van der Waals surface area (Å²) >= 11 is 0. The summed E-state index contributed by atoms with van der Waals surface area (Å²) in [5, 5.41) is 27.5. The molecule has 1 aliphatic rings. The smallest absolute Gasteiger partial charge is 0.257 e. The van der Waals surface area contributed by atoms with Crippen LogP contribution in [-0.2, 0) is 0 Å². The Kier molecular flexibility index (Phi) is 8.99. The average Bonchev–Trinajstić information content (AvgIpc) is 3.34. The van der Waals surface area contributed by atoms with E-state index in [4.69, 9.17) is 15.2 Å². The number of benzene rings is 1. The highest BCUT2D eigenvalue weighted by Crippen LogP contribution is 2.33. The van der Waals surface area contributed by atoms with Crippen LogP contribution in [0.5, 0.6) is 11.6 Å². The molecule has 1 aliphatic carbocycles. The van der Waals surface area contributed by atoms with Gasteiger partial charge in [-0.2, -0.15) is 5.26 Å². The van der Waals surface area contributed by atoms with Gasteiger partial charge in [-0.25, -0.2) is 9.97 Å². The zero-order chi connectivity index (χ0) is 27.8. The van der Waals surface area contributed by atoms with Crippen LogP contribution in [0.1, 0.15) is 64.5 Å². The van der Waals surface area contributed by atoms with Crippen molar-refractivity contribution < 1.29 is 14.6 Å². The van der Waals surface area contributed by atoms with Crippen molar-refractivity contribution in [2.75, 3.05) is 18.5 Å². The largest absolute Gasteiger partial charge is 0.487 e. The lowest BCUT2D eigenvalue weighted by atomic mass is 9.96. The second kappa shape index (κ2) is 12.6. The van der Waals surface area contributed by atoms with Gasteiger partial charge in [0.05, 0.1) is 36.3 Å². The van der Waals surface area contributed by atoms with Gasteiger partial charge in [-0.3, -0.25) is 9.67 Å². The van der Waals surface area contributed by atoms with E-state index in [1.165, 1.54) is 25.6 Å². The van der Waals surface area contributed by atoms with Gasteiger partial charge in [0.1, 0.15) is 30.2 Å². The maximum Gasteiger partial charge on any atom is 0.257 e. The van der Waals surface area contributed by atoms with Gasteiger partial charge in [-0.15, -0.1) is 5.10 Å². The molecule has 2 aromatic heterocycles. The molecule has 1 saturated carbocycles. The number of aliphatic imine (C=N–C) groups is 1. The summed E-state index contributed by atoms with van der Waals surface area (Å²) < 4.78 is 13.8. The van der Waals surface area contributed by atoms with Gasteiger partial charge in [-0.05, 0) is 51.3 Å². The Bertz CT molecular complexity index is 1300. The summed E-state index contributed by atoms with van der Waals surface area (Å²) in [4.78, 5) is 13.0. The summed E-state index contributed by atoms with van der Waals surface area (Å²) in [5.74, 6) is 1.24. The summed E-state index contributed by atoms with van der Waals surface area (Å²) in [6.07, 6.45) is 12.1. The fourth-order valence-corrected chi connectivity index (χ4v) is 4.36. The van der Waals surface area contributed by atoms with Crippen LogP contribution in [0.2, 0.25) is 0 Å². The van der Waals surface area contributed by atoms with Crippen molar-refractivity contribution in [1.82, 2.24) is 19.7 Å². The average molecular weight is 533 g/mol. The SMILES string of the molecule is CC(CN=CN)Oc1cc(-c2cnc(Nc3cn(C4CCCCC4)nc3OCC(C)(C)O)nc2)ccc1C#N. The van der Waals surface area contributed by atoms with Crippen molar-refractivity contribution >= 4 is 18.0 Å². The number of aromatic nitrogens is 4. The fourth-order valence-electron chi connectivity index (χ4n) is 4.36. The van der Waals surface area contributed by atoms with Crippen LogP contribution < -0.4 is 20.5 Å². The third-order valence-electron chi connectivity index (χ3n) is 6.34. The Morgan fingerprint density at radius 1 is 1.26 bits per heavy atom. The van der Waals surface area contributed by atoms with Gasteiger partial charge in [-0.1, -0.05) is 25.3 Å². The van der Waals surface area contributed by atoms with Crippen LogP contribution in [-0.4, -0.2) is 56.1 Å². The van der Waals surface area contributed by atoms with Gasteiger partial charge < -0.3 is 25.6 Å². The van der Waals surface area contributed by atoms with Gasteiger partial charge >= 0.3 is 0 Å². The first kappa shape index (κ1) is 27.9. The maximum atomic E-state index is 10.2. The molecule has 11 nitrogen and oxygen atoms in total. The minimum Gasteiger partial charge on any atom is -0.487 e. The Morgan fingerprint density at radius 2 is 2.00 bits per heavy atom. The third-order valence-corrected chi connectivity index (χ3v) is 6.34. The predicted molar refractivity (Wildman–Crippen MR) is 149 cm³/mol. The Balaban J connectivity index is 1.53. The lowest BCUT2D eigenvalue weighted by Crippen LogP contribution is -2.28. The lowest BCUT2D eigenvalue weighted by Gasteiger charge is -2.21. The van der Waals surface area contributed by atoms with Gasteiger partial charge in [0.15, 0.2) is 0 Å².